The van der Waals surface area contributed by atoms with E-state index in [-0.39, 0.29) is 17.2 Å². The van der Waals surface area contributed by atoms with Gasteiger partial charge in [-0.2, -0.15) is 0 Å². The summed E-state index contributed by atoms with van der Waals surface area (Å²) in [6, 6.07) is 7.22. The second-order valence-corrected chi connectivity index (χ2v) is 6.69. The van der Waals surface area contributed by atoms with E-state index in [1.165, 1.54) is 0 Å². The highest BCUT2D eigenvalue weighted by Crippen LogP contribution is 2.47. The number of carbonyl (C=O) groups excluding carboxylic acids is 2. The second kappa shape index (κ2) is 5.57. The fourth-order valence-electron chi connectivity index (χ4n) is 3.15. The van der Waals surface area contributed by atoms with E-state index in [9.17, 15) is 9.59 Å². The van der Waals surface area contributed by atoms with Crippen LogP contribution in [0.25, 0.3) is 0 Å². The number of carbonyl (C=O) groups is 2. The molecule has 0 unspecified atom stereocenters. The van der Waals surface area contributed by atoms with E-state index >= 15 is 0 Å². The molecule has 3 aliphatic rings. The van der Waals surface area contributed by atoms with Crippen molar-refractivity contribution in [3.8, 4) is 0 Å². The number of hydrogen-bond acceptors (Lipinski definition) is 5. The molecule has 116 valence electrons. The van der Waals surface area contributed by atoms with E-state index in [4.69, 9.17) is 4.74 Å². The predicted molar refractivity (Wildman–Crippen MR) is 82.1 cm³/mol. The summed E-state index contributed by atoms with van der Waals surface area (Å²) in [6.45, 7) is 2.61. The first-order valence-electron chi connectivity index (χ1n) is 7.42. The molecule has 6 nitrogen and oxygen atoms in total. The van der Waals surface area contributed by atoms with Gasteiger partial charge in [0.2, 0.25) is 0 Å². The second-order valence-electron chi connectivity index (χ2n) is 5.58. The summed E-state index contributed by atoms with van der Waals surface area (Å²) < 4.78 is 5.27. The smallest absolute Gasteiger partial charge is 0.257 e. The average molecular weight is 319 g/mol. The highest BCUT2D eigenvalue weighted by atomic mass is 32.2. The van der Waals surface area contributed by atoms with Crippen LogP contribution in [0.2, 0.25) is 0 Å². The van der Waals surface area contributed by atoms with Gasteiger partial charge in [0.05, 0.1) is 13.2 Å². The molecule has 3 aliphatic heterocycles. The van der Waals surface area contributed by atoms with E-state index in [1.807, 2.05) is 29.3 Å². The fourth-order valence-corrected chi connectivity index (χ4v) is 4.61. The maximum Gasteiger partial charge on any atom is 0.257 e. The lowest BCUT2D eigenvalue weighted by Gasteiger charge is -2.30. The molecule has 0 aromatic heterocycles. The van der Waals surface area contributed by atoms with Crippen LogP contribution >= 0.6 is 11.8 Å². The van der Waals surface area contributed by atoms with Gasteiger partial charge in [-0.1, -0.05) is 18.2 Å². The molecule has 4 rings (SSSR count). The van der Waals surface area contributed by atoms with Crippen LogP contribution in [0, 0.1) is 0 Å². The van der Waals surface area contributed by atoms with Crippen LogP contribution in [-0.4, -0.2) is 59.8 Å². The molecule has 2 atom stereocenters. The van der Waals surface area contributed by atoms with Crippen molar-refractivity contribution in [3.63, 3.8) is 0 Å². The van der Waals surface area contributed by atoms with Gasteiger partial charge in [-0.05, 0) is 11.6 Å². The zero-order valence-corrected chi connectivity index (χ0v) is 12.8. The highest BCUT2D eigenvalue weighted by molar-refractivity contribution is 7.99. The minimum Gasteiger partial charge on any atom is -0.379 e. The van der Waals surface area contributed by atoms with Crippen molar-refractivity contribution in [2.24, 2.45) is 0 Å². The lowest BCUT2D eigenvalue weighted by atomic mass is 10.1. The molecule has 2 saturated heterocycles. The van der Waals surface area contributed by atoms with Gasteiger partial charge in [-0.25, -0.2) is 5.01 Å². The molecule has 0 radical (unpaired) electrons. The van der Waals surface area contributed by atoms with Crippen molar-refractivity contribution in [2.75, 3.05) is 32.1 Å². The Morgan fingerprint density at radius 2 is 2.05 bits per heavy atom. The first-order valence-corrected chi connectivity index (χ1v) is 8.47. The quantitative estimate of drug-likeness (QED) is 0.866. The zero-order chi connectivity index (χ0) is 15.1. The molecule has 1 N–H and O–H groups in total. The molecule has 1 aromatic rings. The molecule has 2 fully saturated rings. The van der Waals surface area contributed by atoms with Gasteiger partial charge in [0.1, 0.15) is 11.4 Å². The predicted octanol–water partition coefficient (Wildman–Crippen LogP) is 0.620. The number of morpholine rings is 1. The van der Waals surface area contributed by atoms with Crippen LogP contribution < -0.4 is 5.43 Å². The Bertz CT molecular complexity index is 618. The van der Waals surface area contributed by atoms with E-state index in [2.05, 4.69) is 5.43 Å². The van der Waals surface area contributed by atoms with Gasteiger partial charge in [-0.3, -0.25) is 15.0 Å². The molecule has 7 heteroatoms. The maximum atomic E-state index is 12.6. The Labute approximate surface area is 132 Å². The summed E-state index contributed by atoms with van der Waals surface area (Å²) in [5.74, 6) is 0.506. The van der Waals surface area contributed by atoms with Crippen molar-refractivity contribution in [3.05, 3.63) is 35.4 Å². The van der Waals surface area contributed by atoms with E-state index < -0.39 is 6.04 Å². The molecular weight excluding hydrogens is 302 g/mol. The van der Waals surface area contributed by atoms with Crippen molar-refractivity contribution in [1.29, 1.82) is 0 Å². The number of nitrogens with zero attached hydrogens (tertiary/aromatic N) is 2. The standard InChI is InChI=1S/C15H17N3O3S/c19-13(16-17-5-7-21-8-6-17)12-9-22-15-11-4-2-1-3-10(11)14(20)18(12)15/h1-4,12,15H,5-9H2,(H,16,19)/t12-,15+/m1/s1. The number of rotatable bonds is 2. The van der Waals surface area contributed by atoms with Crippen molar-refractivity contribution in [1.82, 2.24) is 15.3 Å². The van der Waals surface area contributed by atoms with E-state index in [0.717, 1.165) is 11.1 Å². The van der Waals surface area contributed by atoms with Gasteiger partial charge in [0.15, 0.2) is 0 Å². The molecule has 0 spiro atoms. The number of thioether (sulfide) groups is 1. The first-order chi connectivity index (χ1) is 10.8. The monoisotopic (exact) mass is 319 g/mol. The topological polar surface area (TPSA) is 61.9 Å². The maximum absolute atomic E-state index is 12.6. The molecule has 0 bridgehead atoms. The largest absolute Gasteiger partial charge is 0.379 e. The van der Waals surface area contributed by atoms with Crippen LogP contribution in [0.4, 0.5) is 0 Å². The number of hydrogen-bond donors (Lipinski definition) is 1. The lowest BCUT2D eigenvalue weighted by Crippen LogP contribution is -2.54. The molecular formula is C15H17N3O3S. The van der Waals surface area contributed by atoms with Gasteiger partial charge < -0.3 is 9.64 Å². The number of ether oxygens (including phenoxy) is 1. The Morgan fingerprint density at radius 3 is 2.86 bits per heavy atom. The Kier molecular flexibility index (Phi) is 3.56. The van der Waals surface area contributed by atoms with Gasteiger partial charge in [-0.15, -0.1) is 11.8 Å². The summed E-state index contributed by atoms with van der Waals surface area (Å²) in [4.78, 5) is 26.9. The third kappa shape index (κ3) is 2.20. The first kappa shape index (κ1) is 14.0. The summed E-state index contributed by atoms with van der Waals surface area (Å²) in [5, 5.41) is 1.85. The Balaban J connectivity index is 1.51. The number of hydrazine groups is 1. The van der Waals surface area contributed by atoms with E-state index in [1.54, 1.807) is 16.7 Å². The summed E-state index contributed by atoms with van der Waals surface area (Å²) in [7, 11) is 0. The molecule has 0 saturated carbocycles. The normalized spacial score (nSPS) is 27.6. The summed E-state index contributed by atoms with van der Waals surface area (Å²) in [6.07, 6.45) is 0. The van der Waals surface area contributed by atoms with Crippen LogP contribution in [-0.2, 0) is 9.53 Å². The zero-order valence-electron chi connectivity index (χ0n) is 12.0. The van der Waals surface area contributed by atoms with Crippen molar-refractivity contribution >= 4 is 23.6 Å². The average Bonchev–Trinajstić information content (AvgIpc) is 3.10. The van der Waals surface area contributed by atoms with Crippen molar-refractivity contribution < 1.29 is 14.3 Å². The highest BCUT2D eigenvalue weighted by Gasteiger charge is 2.48. The van der Waals surface area contributed by atoms with Gasteiger partial charge in [0, 0.05) is 24.4 Å². The molecule has 0 aliphatic carbocycles. The van der Waals surface area contributed by atoms with Crippen molar-refractivity contribution in [2.45, 2.75) is 11.4 Å². The number of amides is 2. The third-order valence-corrected chi connectivity index (χ3v) is 5.58. The van der Waals surface area contributed by atoms with Gasteiger partial charge >= 0.3 is 0 Å². The van der Waals surface area contributed by atoms with Crippen LogP contribution in [0.15, 0.2) is 24.3 Å². The Morgan fingerprint density at radius 1 is 1.27 bits per heavy atom. The van der Waals surface area contributed by atoms with E-state index in [0.29, 0.717) is 32.1 Å². The SMILES string of the molecule is O=C(NN1CCOCC1)[C@H]1CS[C@H]2c3ccccc3C(=O)N12. The third-order valence-electron chi connectivity index (χ3n) is 4.27. The minimum absolute atomic E-state index is 0.0239. The van der Waals surface area contributed by atoms with Gasteiger partial charge in [0.25, 0.3) is 11.8 Å². The number of nitrogens with one attached hydrogen (secondary N) is 1. The number of benzene rings is 1. The van der Waals surface area contributed by atoms with Crippen LogP contribution in [0.5, 0.6) is 0 Å². The summed E-state index contributed by atoms with van der Waals surface area (Å²) in [5.41, 5.74) is 4.68. The van der Waals surface area contributed by atoms with Crippen LogP contribution in [0.3, 0.4) is 0 Å². The summed E-state index contributed by atoms with van der Waals surface area (Å²) >= 11 is 1.66. The number of fused-ring (bicyclic) bond motifs is 3. The fraction of sp³-hybridized carbons (Fsp3) is 0.467. The van der Waals surface area contributed by atoms with Crippen LogP contribution in [0.1, 0.15) is 21.3 Å². The lowest BCUT2D eigenvalue weighted by molar-refractivity contribution is -0.131. The molecule has 3 heterocycles. The minimum atomic E-state index is -0.405. The molecule has 1 aromatic carbocycles. The molecule has 22 heavy (non-hydrogen) atoms. The molecule has 2 amide bonds. The Hall–Kier alpha value is -1.57.